The Morgan fingerprint density at radius 1 is 1.44 bits per heavy atom. The topological polar surface area (TPSA) is 51.8 Å². The van der Waals surface area contributed by atoms with E-state index in [-0.39, 0.29) is 0 Å². The molecule has 2 aromatic rings. The average Bonchev–Trinajstić information content (AvgIpc) is 2.76. The first-order chi connectivity index (χ1) is 7.81. The maximum absolute atomic E-state index is 5.88. The number of nitrogens with zero attached hydrogens (tertiary/aromatic N) is 2. The van der Waals surface area contributed by atoms with Gasteiger partial charge in [-0.1, -0.05) is 31.2 Å². The molecule has 0 saturated carbocycles. The van der Waals surface area contributed by atoms with Crippen LogP contribution in [-0.2, 0) is 6.42 Å². The van der Waals surface area contributed by atoms with Gasteiger partial charge in [-0.25, -0.2) is 9.97 Å². The molecule has 0 aromatic carbocycles. The van der Waals surface area contributed by atoms with Gasteiger partial charge >= 0.3 is 0 Å². The van der Waals surface area contributed by atoms with Gasteiger partial charge in [-0.2, -0.15) is 0 Å². The smallest absolute Gasteiger partial charge is 0.131 e. The van der Waals surface area contributed by atoms with Crippen molar-refractivity contribution in [1.29, 1.82) is 0 Å². The molecule has 0 aliphatic rings. The minimum absolute atomic E-state index is 0.607. The highest BCUT2D eigenvalue weighted by molar-refractivity contribution is 8.01. The molecule has 0 fully saturated rings. The number of anilines is 1. The molecule has 2 rings (SSSR count). The van der Waals surface area contributed by atoms with E-state index < -0.39 is 0 Å². The van der Waals surface area contributed by atoms with Gasteiger partial charge in [0.15, 0.2) is 0 Å². The van der Waals surface area contributed by atoms with E-state index in [1.165, 1.54) is 10.5 Å². The Kier molecular flexibility index (Phi) is 3.79. The Hall–Kier alpha value is -1.07. The van der Waals surface area contributed by atoms with Gasteiger partial charge in [-0.3, -0.25) is 0 Å². The molecule has 0 aliphatic carbocycles. The molecule has 0 aliphatic heterocycles. The maximum Gasteiger partial charge on any atom is 0.131 e. The standard InChI is InChI=1S/C11H13N3S2/c1-2-4-8-10(12)13-7-14-11(8)16-9-5-3-6-15-9/h3,5-7H,2,4H2,1H3,(H2,12,13,14). The van der Waals surface area contributed by atoms with Gasteiger partial charge in [0.2, 0.25) is 0 Å². The van der Waals surface area contributed by atoms with E-state index in [0.29, 0.717) is 5.82 Å². The molecule has 0 saturated heterocycles. The van der Waals surface area contributed by atoms with Crippen molar-refractivity contribution >= 4 is 28.9 Å². The molecular formula is C11H13N3S2. The fourth-order valence-electron chi connectivity index (χ4n) is 1.40. The van der Waals surface area contributed by atoms with Gasteiger partial charge in [0, 0.05) is 5.56 Å². The van der Waals surface area contributed by atoms with Crippen molar-refractivity contribution in [2.45, 2.75) is 29.0 Å². The highest BCUT2D eigenvalue weighted by Gasteiger charge is 2.10. The number of thiophene rings is 1. The average molecular weight is 251 g/mol. The summed E-state index contributed by atoms with van der Waals surface area (Å²) in [6, 6.07) is 4.13. The molecule has 16 heavy (non-hydrogen) atoms. The van der Waals surface area contributed by atoms with Crippen molar-refractivity contribution in [1.82, 2.24) is 9.97 Å². The summed E-state index contributed by atoms with van der Waals surface area (Å²) >= 11 is 3.37. The highest BCUT2D eigenvalue weighted by Crippen LogP contribution is 2.33. The summed E-state index contributed by atoms with van der Waals surface area (Å²) in [6.07, 6.45) is 3.51. The monoisotopic (exact) mass is 251 g/mol. The van der Waals surface area contributed by atoms with Crippen LogP contribution in [0.4, 0.5) is 5.82 Å². The van der Waals surface area contributed by atoms with Crippen LogP contribution in [0.15, 0.2) is 33.1 Å². The molecule has 5 heteroatoms. The zero-order chi connectivity index (χ0) is 11.4. The number of nitrogen functional groups attached to an aromatic ring is 1. The zero-order valence-electron chi connectivity index (χ0n) is 9.01. The predicted molar refractivity (Wildman–Crippen MR) is 68.9 cm³/mol. The lowest BCUT2D eigenvalue weighted by atomic mass is 10.2. The summed E-state index contributed by atoms with van der Waals surface area (Å²) in [5.41, 5.74) is 6.95. The Morgan fingerprint density at radius 3 is 3.00 bits per heavy atom. The van der Waals surface area contributed by atoms with Crippen molar-refractivity contribution in [3.63, 3.8) is 0 Å². The van der Waals surface area contributed by atoms with Crippen LogP contribution in [0.5, 0.6) is 0 Å². The minimum Gasteiger partial charge on any atom is -0.383 e. The lowest BCUT2D eigenvalue weighted by Crippen LogP contribution is -2.01. The van der Waals surface area contributed by atoms with Crippen LogP contribution < -0.4 is 5.73 Å². The second-order valence-electron chi connectivity index (χ2n) is 3.33. The van der Waals surface area contributed by atoms with E-state index in [4.69, 9.17) is 5.73 Å². The van der Waals surface area contributed by atoms with Crippen molar-refractivity contribution in [2.75, 3.05) is 5.73 Å². The third kappa shape index (κ3) is 2.54. The van der Waals surface area contributed by atoms with E-state index in [1.807, 2.05) is 6.07 Å². The largest absolute Gasteiger partial charge is 0.383 e. The Morgan fingerprint density at radius 2 is 2.31 bits per heavy atom. The predicted octanol–water partition coefficient (Wildman–Crippen LogP) is 3.22. The van der Waals surface area contributed by atoms with E-state index in [0.717, 1.165) is 23.4 Å². The van der Waals surface area contributed by atoms with Gasteiger partial charge in [0.05, 0.1) is 4.21 Å². The van der Waals surface area contributed by atoms with E-state index >= 15 is 0 Å². The Bertz CT molecular complexity index is 454. The number of nitrogens with two attached hydrogens (primary N) is 1. The molecule has 2 heterocycles. The van der Waals surface area contributed by atoms with Crippen molar-refractivity contribution < 1.29 is 0 Å². The van der Waals surface area contributed by atoms with Crippen LogP contribution in [0.3, 0.4) is 0 Å². The Balaban J connectivity index is 2.29. The molecule has 0 radical (unpaired) electrons. The molecule has 0 spiro atoms. The third-order valence-electron chi connectivity index (χ3n) is 2.13. The summed E-state index contributed by atoms with van der Waals surface area (Å²) in [5, 5.41) is 3.05. The molecule has 0 unspecified atom stereocenters. The van der Waals surface area contributed by atoms with Crippen LogP contribution in [-0.4, -0.2) is 9.97 Å². The molecular weight excluding hydrogens is 238 g/mol. The first-order valence-electron chi connectivity index (χ1n) is 5.12. The quantitative estimate of drug-likeness (QED) is 0.848. The van der Waals surface area contributed by atoms with Gasteiger partial charge < -0.3 is 5.73 Å². The van der Waals surface area contributed by atoms with Gasteiger partial charge in [-0.05, 0) is 17.9 Å². The first-order valence-corrected chi connectivity index (χ1v) is 6.81. The molecule has 2 aromatic heterocycles. The molecule has 3 nitrogen and oxygen atoms in total. The minimum atomic E-state index is 0.607. The maximum atomic E-state index is 5.88. The summed E-state index contributed by atoms with van der Waals surface area (Å²) in [6.45, 7) is 2.13. The van der Waals surface area contributed by atoms with Crippen LogP contribution in [0.1, 0.15) is 18.9 Å². The second-order valence-corrected chi connectivity index (χ2v) is 5.56. The SMILES string of the molecule is CCCc1c(N)ncnc1Sc1cccs1. The van der Waals surface area contributed by atoms with E-state index in [1.54, 1.807) is 23.1 Å². The van der Waals surface area contributed by atoms with Crippen molar-refractivity contribution in [2.24, 2.45) is 0 Å². The lowest BCUT2D eigenvalue weighted by molar-refractivity contribution is 0.862. The molecule has 0 amide bonds. The molecule has 0 atom stereocenters. The van der Waals surface area contributed by atoms with Crippen LogP contribution >= 0.6 is 23.1 Å². The second kappa shape index (κ2) is 5.32. The summed E-state index contributed by atoms with van der Waals surface area (Å²) in [5.74, 6) is 0.607. The lowest BCUT2D eigenvalue weighted by Gasteiger charge is -2.07. The number of hydrogen-bond acceptors (Lipinski definition) is 5. The number of aromatic nitrogens is 2. The molecule has 84 valence electrons. The van der Waals surface area contributed by atoms with Crippen LogP contribution in [0.2, 0.25) is 0 Å². The highest BCUT2D eigenvalue weighted by atomic mass is 32.2. The fraction of sp³-hybridized carbons (Fsp3) is 0.273. The Labute approximate surface area is 103 Å². The number of rotatable bonds is 4. The number of hydrogen-bond donors (Lipinski definition) is 1. The summed E-state index contributed by atoms with van der Waals surface area (Å²) in [4.78, 5) is 8.36. The normalized spacial score (nSPS) is 10.6. The van der Waals surface area contributed by atoms with E-state index in [2.05, 4.69) is 28.3 Å². The van der Waals surface area contributed by atoms with Crippen molar-refractivity contribution in [3.8, 4) is 0 Å². The van der Waals surface area contributed by atoms with Gasteiger partial charge in [0.1, 0.15) is 17.2 Å². The van der Waals surface area contributed by atoms with E-state index in [9.17, 15) is 0 Å². The van der Waals surface area contributed by atoms with Crippen LogP contribution in [0.25, 0.3) is 0 Å². The van der Waals surface area contributed by atoms with Gasteiger partial charge in [-0.15, -0.1) is 11.3 Å². The first kappa shape index (κ1) is 11.4. The summed E-state index contributed by atoms with van der Waals surface area (Å²) < 4.78 is 1.23. The molecule has 2 N–H and O–H groups in total. The zero-order valence-corrected chi connectivity index (χ0v) is 10.6. The summed E-state index contributed by atoms with van der Waals surface area (Å²) in [7, 11) is 0. The molecule has 0 bridgehead atoms. The van der Waals surface area contributed by atoms with Gasteiger partial charge in [0.25, 0.3) is 0 Å². The third-order valence-corrected chi connectivity index (χ3v) is 4.21. The van der Waals surface area contributed by atoms with Crippen LogP contribution in [0, 0.1) is 0 Å². The van der Waals surface area contributed by atoms with Crippen molar-refractivity contribution in [3.05, 3.63) is 29.4 Å². The fourth-order valence-corrected chi connectivity index (χ4v) is 3.21.